The van der Waals surface area contributed by atoms with Gasteiger partial charge < -0.3 is 4.74 Å². The van der Waals surface area contributed by atoms with Gasteiger partial charge >= 0.3 is 0 Å². The summed E-state index contributed by atoms with van der Waals surface area (Å²) in [4.78, 5) is 3.95. The Kier molecular flexibility index (Phi) is 4.20. The highest BCUT2D eigenvalue weighted by Crippen LogP contribution is 2.24. The van der Waals surface area contributed by atoms with Gasteiger partial charge in [0.25, 0.3) is 0 Å². The predicted molar refractivity (Wildman–Crippen MR) is 67.3 cm³/mol. The van der Waals surface area contributed by atoms with E-state index in [-0.39, 0.29) is 0 Å². The maximum atomic E-state index is 5.36. The van der Waals surface area contributed by atoms with E-state index in [4.69, 9.17) is 4.74 Å². The van der Waals surface area contributed by atoms with Crippen molar-refractivity contribution in [3.05, 3.63) is 20.8 Å². The molecule has 1 aliphatic heterocycles. The van der Waals surface area contributed by atoms with E-state index in [1.807, 2.05) is 18.4 Å². The van der Waals surface area contributed by atoms with Crippen LogP contribution >= 0.6 is 27.3 Å². The Morgan fingerprint density at radius 1 is 1.47 bits per heavy atom. The minimum atomic E-state index is 0.483. The number of ether oxygens (including phenoxy) is 1. The predicted octanol–water partition coefficient (Wildman–Crippen LogP) is 3.12. The van der Waals surface area contributed by atoms with Crippen molar-refractivity contribution < 1.29 is 4.74 Å². The van der Waals surface area contributed by atoms with Crippen LogP contribution in [0.5, 0.6) is 0 Å². The van der Waals surface area contributed by atoms with Crippen LogP contribution in [-0.4, -0.2) is 31.2 Å². The largest absolute Gasteiger partial charge is 0.381 e. The average Bonchev–Trinajstić information content (AvgIpc) is 2.65. The van der Waals surface area contributed by atoms with E-state index < -0.39 is 0 Å². The van der Waals surface area contributed by atoms with Gasteiger partial charge in [0.15, 0.2) is 0 Å². The number of rotatable bonds is 3. The summed E-state index contributed by atoms with van der Waals surface area (Å²) in [7, 11) is 1.82. The van der Waals surface area contributed by atoms with Crippen molar-refractivity contribution in [2.75, 3.05) is 20.2 Å². The lowest BCUT2D eigenvalue weighted by atomic mass is 10.1. The van der Waals surface area contributed by atoms with Crippen LogP contribution in [0.15, 0.2) is 15.9 Å². The number of hydrogen-bond donors (Lipinski definition) is 0. The number of likely N-dealkylation sites (tertiary alicyclic amines) is 1. The third-order valence-corrected chi connectivity index (χ3v) is 4.48. The molecule has 0 aliphatic carbocycles. The molecule has 0 atom stereocenters. The molecule has 0 amide bonds. The van der Waals surface area contributed by atoms with E-state index in [0.29, 0.717) is 6.10 Å². The van der Waals surface area contributed by atoms with E-state index in [1.54, 1.807) is 0 Å². The summed E-state index contributed by atoms with van der Waals surface area (Å²) in [5, 5.41) is 0. The summed E-state index contributed by atoms with van der Waals surface area (Å²) in [6.45, 7) is 3.41. The van der Waals surface area contributed by atoms with E-state index in [2.05, 4.69) is 33.0 Å². The summed E-state index contributed by atoms with van der Waals surface area (Å²) in [5.41, 5.74) is 0. The van der Waals surface area contributed by atoms with Gasteiger partial charge in [-0.05, 0) is 40.9 Å². The molecule has 2 heterocycles. The van der Waals surface area contributed by atoms with Crippen LogP contribution in [0.25, 0.3) is 0 Å². The molecule has 2 nitrogen and oxygen atoms in total. The van der Waals surface area contributed by atoms with Gasteiger partial charge in [-0.1, -0.05) is 0 Å². The smallest absolute Gasteiger partial charge is 0.0701 e. The Morgan fingerprint density at radius 2 is 2.20 bits per heavy atom. The first-order chi connectivity index (χ1) is 7.28. The van der Waals surface area contributed by atoms with Crippen LogP contribution in [0.3, 0.4) is 0 Å². The van der Waals surface area contributed by atoms with Gasteiger partial charge in [-0.15, -0.1) is 11.3 Å². The molecule has 0 unspecified atom stereocenters. The van der Waals surface area contributed by atoms with Crippen LogP contribution in [-0.2, 0) is 11.3 Å². The van der Waals surface area contributed by atoms with Crippen LogP contribution in [0.1, 0.15) is 17.7 Å². The van der Waals surface area contributed by atoms with Crippen molar-refractivity contribution in [3.8, 4) is 0 Å². The van der Waals surface area contributed by atoms with E-state index in [0.717, 1.165) is 19.6 Å². The molecule has 0 saturated carbocycles. The van der Waals surface area contributed by atoms with Crippen molar-refractivity contribution >= 4 is 27.3 Å². The Morgan fingerprint density at radius 3 is 2.73 bits per heavy atom. The minimum absolute atomic E-state index is 0.483. The maximum absolute atomic E-state index is 5.36. The van der Waals surface area contributed by atoms with Gasteiger partial charge in [0, 0.05) is 31.6 Å². The summed E-state index contributed by atoms with van der Waals surface area (Å²) >= 11 is 5.33. The van der Waals surface area contributed by atoms with Crippen molar-refractivity contribution in [1.82, 2.24) is 4.90 Å². The summed E-state index contributed by atoms with van der Waals surface area (Å²) < 4.78 is 6.59. The summed E-state index contributed by atoms with van der Waals surface area (Å²) in [5.74, 6) is 0. The molecule has 2 rings (SSSR count). The van der Waals surface area contributed by atoms with Gasteiger partial charge in [0.2, 0.25) is 0 Å². The highest BCUT2D eigenvalue weighted by Gasteiger charge is 2.18. The molecule has 0 spiro atoms. The SMILES string of the molecule is COC1CCN(Cc2ccc(Br)s2)CC1. The second-order valence-corrected chi connectivity index (χ2v) is 6.46. The molecule has 0 N–H and O–H groups in total. The Bertz CT molecular complexity index is 307. The molecule has 4 heteroatoms. The number of methoxy groups -OCH3 is 1. The number of nitrogens with zero attached hydrogens (tertiary/aromatic N) is 1. The lowest BCUT2D eigenvalue weighted by Gasteiger charge is -2.30. The molecule has 84 valence electrons. The second-order valence-electron chi connectivity index (χ2n) is 3.92. The fourth-order valence-electron chi connectivity index (χ4n) is 1.96. The summed E-state index contributed by atoms with van der Waals surface area (Å²) in [6, 6.07) is 4.33. The van der Waals surface area contributed by atoms with Gasteiger partial charge in [-0.2, -0.15) is 0 Å². The topological polar surface area (TPSA) is 12.5 Å². The molecule has 15 heavy (non-hydrogen) atoms. The average molecular weight is 290 g/mol. The standard InChI is InChI=1S/C11H16BrNOS/c1-14-9-4-6-13(7-5-9)8-10-2-3-11(12)15-10/h2-3,9H,4-8H2,1H3. The third-order valence-electron chi connectivity index (χ3n) is 2.88. The lowest BCUT2D eigenvalue weighted by molar-refractivity contribution is 0.0391. The molecule has 0 aromatic carbocycles. The van der Waals surface area contributed by atoms with E-state index in [1.165, 1.54) is 21.5 Å². The van der Waals surface area contributed by atoms with Crippen LogP contribution < -0.4 is 0 Å². The Balaban J connectivity index is 1.82. The fraction of sp³-hybridized carbons (Fsp3) is 0.636. The zero-order chi connectivity index (χ0) is 10.7. The number of piperidine rings is 1. The second kappa shape index (κ2) is 5.43. The number of hydrogen-bond acceptors (Lipinski definition) is 3. The van der Waals surface area contributed by atoms with Crippen molar-refractivity contribution in [1.29, 1.82) is 0 Å². The molecule has 1 aliphatic rings. The minimum Gasteiger partial charge on any atom is -0.381 e. The first-order valence-corrected chi connectivity index (χ1v) is 6.88. The van der Waals surface area contributed by atoms with E-state index >= 15 is 0 Å². The zero-order valence-electron chi connectivity index (χ0n) is 8.91. The zero-order valence-corrected chi connectivity index (χ0v) is 11.3. The van der Waals surface area contributed by atoms with Crippen LogP contribution in [0.2, 0.25) is 0 Å². The quantitative estimate of drug-likeness (QED) is 0.848. The Hall–Kier alpha value is 0.1000. The monoisotopic (exact) mass is 289 g/mol. The molecule has 1 fully saturated rings. The van der Waals surface area contributed by atoms with E-state index in [9.17, 15) is 0 Å². The Labute approximate surface area is 103 Å². The molecular formula is C11H16BrNOS. The molecular weight excluding hydrogens is 274 g/mol. The first kappa shape index (κ1) is 11.6. The molecule has 0 radical (unpaired) electrons. The van der Waals surface area contributed by atoms with Crippen molar-refractivity contribution in [2.24, 2.45) is 0 Å². The van der Waals surface area contributed by atoms with Gasteiger partial charge in [-0.25, -0.2) is 0 Å². The van der Waals surface area contributed by atoms with Crippen LogP contribution in [0, 0.1) is 0 Å². The van der Waals surface area contributed by atoms with Gasteiger partial charge in [0.1, 0.15) is 0 Å². The van der Waals surface area contributed by atoms with Gasteiger partial charge in [0.05, 0.1) is 9.89 Å². The molecule has 1 aromatic heterocycles. The normalized spacial score (nSPS) is 19.6. The summed E-state index contributed by atoms with van der Waals surface area (Å²) in [6.07, 6.45) is 2.82. The molecule has 1 aromatic rings. The number of halogens is 1. The molecule has 0 bridgehead atoms. The maximum Gasteiger partial charge on any atom is 0.0701 e. The highest BCUT2D eigenvalue weighted by atomic mass is 79.9. The van der Waals surface area contributed by atoms with Gasteiger partial charge in [-0.3, -0.25) is 4.90 Å². The number of thiophene rings is 1. The first-order valence-electron chi connectivity index (χ1n) is 5.27. The van der Waals surface area contributed by atoms with Crippen LogP contribution in [0.4, 0.5) is 0 Å². The fourth-order valence-corrected chi connectivity index (χ4v) is 3.49. The highest BCUT2D eigenvalue weighted by molar-refractivity contribution is 9.11. The van der Waals surface area contributed by atoms with Crippen molar-refractivity contribution in [2.45, 2.75) is 25.5 Å². The lowest BCUT2D eigenvalue weighted by Crippen LogP contribution is -2.35. The third kappa shape index (κ3) is 3.28. The molecule has 1 saturated heterocycles. The van der Waals surface area contributed by atoms with Crippen molar-refractivity contribution in [3.63, 3.8) is 0 Å².